The molecular formula is C17H18ClNO4. The minimum atomic E-state index is -0.207. The fraction of sp³-hybridized carbons (Fsp3) is 0.235. The van der Waals surface area contributed by atoms with Gasteiger partial charge in [-0.2, -0.15) is 0 Å². The number of benzene rings is 2. The number of methoxy groups -OCH3 is 3. The van der Waals surface area contributed by atoms with Gasteiger partial charge in [0.05, 0.1) is 33.4 Å². The van der Waals surface area contributed by atoms with Crippen molar-refractivity contribution in [3.63, 3.8) is 0 Å². The van der Waals surface area contributed by atoms with Gasteiger partial charge < -0.3 is 19.5 Å². The van der Waals surface area contributed by atoms with Crippen molar-refractivity contribution in [2.75, 3.05) is 21.3 Å². The van der Waals surface area contributed by atoms with Crippen molar-refractivity contribution in [2.24, 2.45) is 0 Å². The Balaban J connectivity index is 2.19. The fourth-order valence-corrected chi connectivity index (χ4v) is 2.25. The van der Waals surface area contributed by atoms with Crippen molar-refractivity contribution in [2.45, 2.75) is 6.54 Å². The van der Waals surface area contributed by atoms with Gasteiger partial charge in [0.2, 0.25) is 0 Å². The highest BCUT2D eigenvalue weighted by atomic mass is 35.5. The molecule has 0 saturated heterocycles. The Hall–Kier alpha value is -2.40. The first-order valence-electron chi connectivity index (χ1n) is 6.91. The van der Waals surface area contributed by atoms with Crippen LogP contribution in [0.25, 0.3) is 0 Å². The van der Waals surface area contributed by atoms with Crippen molar-refractivity contribution < 1.29 is 19.0 Å². The third kappa shape index (κ3) is 4.07. The second kappa shape index (κ2) is 7.74. The first-order chi connectivity index (χ1) is 11.1. The SMILES string of the molecule is COc1cc(OC)c(CNC(=O)c2ccc(Cl)cc2)c(OC)c1. The summed E-state index contributed by atoms with van der Waals surface area (Å²) in [5.74, 6) is 1.57. The van der Waals surface area contributed by atoms with Crippen LogP contribution >= 0.6 is 11.6 Å². The van der Waals surface area contributed by atoms with Crippen molar-refractivity contribution in [3.05, 3.63) is 52.5 Å². The molecule has 0 heterocycles. The van der Waals surface area contributed by atoms with Crippen LogP contribution in [0.15, 0.2) is 36.4 Å². The number of carbonyl (C=O) groups excluding carboxylic acids is 1. The molecule has 6 heteroatoms. The third-order valence-corrected chi connectivity index (χ3v) is 3.60. The van der Waals surface area contributed by atoms with Gasteiger partial charge in [0.1, 0.15) is 17.2 Å². The van der Waals surface area contributed by atoms with Gasteiger partial charge in [-0.1, -0.05) is 11.6 Å². The fourth-order valence-electron chi connectivity index (χ4n) is 2.12. The average Bonchev–Trinajstić information content (AvgIpc) is 2.59. The van der Waals surface area contributed by atoms with E-state index in [1.807, 2.05) is 0 Å². The lowest BCUT2D eigenvalue weighted by Gasteiger charge is -2.15. The van der Waals surface area contributed by atoms with Gasteiger partial charge in [0.15, 0.2) is 0 Å². The second-order valence-corrected chi connectivity index (χ2v) is 5.14. The minimum absolute atomic E-state index is 0.207. The van der Waals surface area contributed by atoms with Crippen molar-refractivity contribution in [1.29, 1.82) is 0 Å². The summed E-state index contributed by atoms with van der Waals surface area (Å²) in [6.45, 7) is 0.262. The molecule has 0 aliphatic heterocycles. The zero-order valence-corrected chi connectivity index (χ0v) is 13.9. The molecule has 1 N–H and O–H groups in total. The van der Waals surface area contributed by atoms with Gasteiger partial charge in [-0.3, -0.25) is 4.79 Å². The third-order valence-electron chi connectivity index (χ3n) is 3.35. The van der Waals surface area contributed by atoms with Crippen LogP contribution in [0.3, 0.4) is 0 Å². The lowest BCUT2D eigenvalue weighted by atomic mass is 10.1. The Bertz CT molecular complexity index is 660. The highest BCUT2D eigenvalue weighted by molar-refractivity contribution is 6.30. The van der Waals surface area contributed by atoms with E-state index < -0.39 is 0 Å². The Morgan fingerprint density at radius 1 is 1.00 bits per heavy atom. The summed E-state index contributed by atoms with van der Waals surface area (Å²) < 4.78 is 15.9. The number of nitrogens with one attached hydrogen (secondary N) is 1. The smallest absolute Gasteiger partial charge is 0.251 e. The molecular weight excluding hydrogens is 318 g/mol. The minimum Gasteiger partial charge on any atom is -0.496 e. The molecule has 5 nitrogen and oxygen atoms in total. The predicted octanol–water partition coefficient (Wildman–Crippen LogP) is 3.30. The van der Waals surface area contributed by atoms with E-state index in [-0.39, 0.29) is 12.5 Å². The summed E-state index contributed by atoms with van der Waals surface area (Å²) in [4.78, 5) is 12.2. The quantitative estimate of drug-likeness (QED) is 0.880. The molecule has 0 unspecified atom stereocenters. The van der Waals surface area contributed by atoms with Crippen LogP contribution in [0.2, 0.25) is 5.02 Å². The number of hydrogen-bond donors (Lipinski definition) is 1. The molecule has 0 aliphatic carbocycles. The Labute approximate surface area is 140 Å². The van der Waals surface area contributed by atoms with Gasteiger partial charge >= 0.3 is 0 Å². The molecule has 2 rings (SSSR count). The number of rotatable bonds is 6. The molecule has 2 aromatic rings. The van der Waals surface area contributed by atoms with Crippen LogP contribution in [0.4, 0.5) is 0 Å². The molecule has 0 spiro atoms. The van der Waals surface area contributed by atoms with Crippen LogP contribution in [0.5, 0.6) is 17.2 Å². The van der Waals surface area contributed by atoms with Crippen LogP contribution in [-0.4, -0.2) is 27.2 Å². The maximum atomic E-state index is 12.2. The number of ether oxygens (including phenoxy) is 3. The van der Waals surface area contributed by atoms with E-state index in [9.17, 15) is 4.79 Å². The zero-order chi connectivity index (χ0) is 16.8. The van der Waals surface area contributed by atoms with E-state index in [1.165, 1.54) is 0 Å². The second-order valence-electron chi connectivity index (χ2n) is 4.70. The van der Waals surface area contributed by atoms with Crippen molar-refractivity contribution >= 4 is 17.5 Å². The standard InChI is InChI=1S/C17H18ClNO4/c1-21-13-8-15(22-2)14(16(9-13)23-3)10-19-17(20)11-4-6-12(18)7-5-11/h4-9H,10H2,1-3H3,(H,19,20). The topological polar surface area (TPSA) is 56.8 Å². The summed E-state index contributed by atoms with van der Waals surface area (Å²) in [6, 6.07) is 10.2. The molecule has 1 amide bonds. The highest BCUT2D eigenvalue weighted by Gasteiger charge is 2.14. The average molecular weight is 336 g/mol. The van der Waals surface area contributed by atoms with Crippen molar-refractivity contribution in [1.82, 2.24) is 5.32 Å². The summed E-state index contributed by atoms with van der Waals surface area (Å²) >= 11 is 5.82. The monoisotopic (exact) mass is 335 g/mol. The summed E-state index contributed by atoms with van der Waals surface area (Å²) in [5, 5.41) is 3.42. The largest absolute Gasteiger partial charge is 0.496 e. The lowest BCUT2D eigenvalue weighted by molar-refractivity contribution is 0.0950. The summed E-state index contributed by atoms with van der Waals surface area (Å²) in [7, 11) is 4.67. The normalized spacial score (nSPS) is 10.1. The van der Waals surface area contributed by atoms with Crippen LogP contribution in [0, 0.1) is 0 Å². The van der Waals surface area contributed by atoms with Gasteiger partial charge in [-0.05, 0) is 24.3 Å². The number of amides is 1. The van der Waals surface area contributed by atoms with E-state index in [2.05, 4.69) is 5.32 Å². The van der Waals surface area contributed by atoms with Gasteiger partial charge in [0.25, 0.3) is 5.91 Å². The Kier molecular flexibility index (Phi) is 5.71. The predicted molar refractivity (Wildman–Crippen MR) is 88.7 cm³/mol. The van der Waals surface area contributed by atoms with Crippen molar-refractivity contribution in [3.8, 4) is 17.2 Å². The van der Waals surface area contributed by atoms with E-state index in [0.29, 0.717) is 27.8 Å². The van der Waals surface area contributed by atoms with E-state index in [1.54, 1.807) is 57.7 Å². The Morgan fingerprint density at radius 3 is 2.04 bits per heavy atom. The maximum absolute atomic E-state index is 12.2. The molecule has 0 bridgehead atoms. The molecule has 0 saturated carbocycles. The van der Waals surface area contributed by atoms with Gasteiger partial charge in [-0.25, -0.2) is 0 Å². The number of carbonyl (C=O) groups is 1. The molecule has 0 aromatic heterocycles. The Morgan fingerprint density at radius 2 is 1.57 bits per heavy atom. The van der Waals surface area contributed by atoms with E-state index in [0.717, 1.165) is 5.56 Å². The number of hydrogen-bond acceptors (Lipinski definition) is 4. The molecule has 23 heavy (non-hydrogen) atoms. The zero-order valence-electron chi connectivity index (χ0n) is 13.2. The first kappa shape index (κ1) is 17.0. The van der Waals surface area contributed by atoms with E-state index in [4.69, 9.17) is 25.8 Å². The molecule has 0 fully saturated rings. The van der Waals surface area contributed by atoms with Gasteiger partial charge in [0, 0.05) is 22.7 Å². The van der Waals surface area contributed by atoms with Crippen LogP contribution < -0.4 is 19.5 Å². The van der Waals surface area contributed by atoms with E-state index >= 15 is 0 Å². The molecule has 0 radical (unpaired) electrons. The molecule has 122 valence electrons. The first-order valence-corrected chi connectivity index (χ1v) is 7.29. The van der Waals surface area contributed by atoms with Gasteiger partial charge in [-0.15, -0.1) is 0 Å². The highest BCUT2D eigenvalue weighted by Crippen LogP contribution is 2.33. The van der Waals surface area contributed by atoms with Crippen LogP contribution in [0.1, 0.15) is 15.9 Å². The number of halogens is 1. The lowest BCUT2D eigenvalue weighted by Crippen LogP contribution is -2.23. The van der Waals surface area contributed by atoms with Crippen LogP contribution in [-0.2, 0) is 6.54 Å². The molecule has 2 aromatic carbocycles. The molecule has 0 aliphatic rings. The maximum Gasteiger partial charge on any atom is 0.251 e. The summed E-state index contributed by atoms with van der Waals surface area (Å²) in [5.41, 5.74) is 1.26. The molecule has 0 atom stereocenters. The summed E-state index contributed by atoms with van der Waals surface area (Å²) in [6.07, 6.45) is 0.